The van der Waals surface area contributed by atoms with E-state index in [0.717, 1.165) is 17.5 Å². The number of aryl methyl sites for hydroxylation is 1. The molecule has 12 heavy (non-hydrogen) atoms. The Morgan fingerprint density at radius 3 is 3.17 bits per heavy atom. The molecule has 0 amide bonds. The molecule has 0 saturated heterocycles. The van der Waals surface area contributed by atoms with E-state index in [1.54, 1.807) is 11.8 Å². The number of hydrogen-bond acceptors (Lipinski definition) is 5. The molecule has 0 saturated carbocycles. The van der Waals surface area contributed by atoms with Crippen molar-refractivity contribution >= 4 is 11.8 Å². The van der Waals surface area contributed by atoms with Gasteiger partial charge in [-0.15, -0.1) is 0 Å². The van der Waals surface area contributed by atoms with E-state index in [4.69, 9.17) is 11.5 Å². The van der Waals surface area contributed by atoms with Gasteiger partial charge in [0.1, 0.15) is 0 Å². The predicted octanol–water partition coefficient (Wildman–Crippen LogP) is -0.658. The first-order valence-corrected chi connectivity index (χ1v) is 4.83. The van der Waals surface area contributed by atoms with Crippen LogP contribution in [0.2, 0.25) is 0 Å². The van der Waals surface area contributed by atoms with Crippen LogP contribution in [0.1, 0.15) is 11.9 Å². The fourth-order valence-corrected chi connectivity index (χ4v) is 1.97. The highest BCUT2D eigenvalue weighted by Gasteiger charge is 2.18. The van der Waals surface area contributed by atoms with Crippen molar-refractivity contribution < 1.29 is 0 Å². The molecule has 0 bridgehead atoms. The van der Waals surface area contributed by atoms with Crippen LogP contribution in [0.3, 0.4) is 0 Å². The second-order valence-electron chi connectivity index (χ2n) is 2.67. The molecular formula is C6H11N5S. The standard InChI is InChI=1S/C6H11N5S/c7-3-4(8)5-9-6-11(10-5)1-2-12-6/h4H,1-3,7-8H2. The first-order valence-electron chi connectivity index (χ1n) is 3.84. The predicted molar refractivity (Wildman–Crippen MR) is 46.7 cm³/mol. The first kappa shape index (κ1) is 8.03. The molecule has 0 aromatic carbocycles. The van der Waals surface area contributed by atoms with Crippen LogP contribution in [-0.4, -0.2) is 27.1 Å². The van der Waals surface area contributed by atoms with Crippen molar-refractivity contribution in [3.63, 3.8) is 0 Å². The van der Waals surface area contributed by atoms with Crippen molar-refractivity contribution in [3.05, 3.63) is 5.82 Å². The lowest BCUT2D eigenvalue weighted by Crippen LogP contribution is -2.22. The molecule has 2 rings (SSSR count). The molecule has 0 spiro atoms. The van der Waals surface area contributed by atoms with Crippen LogP contribution >= 0.6 is 11.8 Å². The van der Waals surface area contributed by atoms with E-state index in [0.29, 0.717) is 12.4 Å². The molecule has 1 aliphatic heterocycles. The van der Waals surface area contributed by atoms with Gasteiger partial charge in [-0.25, -0.2) is 9.67 Å². The van der Waals surface area contributed by atoms with Gasteiger partial charge in [0.25, 0.3) is 0 Å². The number of thioether (sulfide) groups is 1. The van der Waals surface area contributed by atoms with Gasteiger partial charge in [0, 0.05) is 12.3 Å². The van der Waals surface area contributed by atoms with Crippen molar-refractivity contribution in [1.82, 2.24) is 14.8 Å². The van der Waals surface area contributed by atoms with E-state index in [9.17, 15) is 0 Å². The summed E-state index contributed by atoms with van der Waals surface area (Å²) in [5.74, 6) is 1.73. The average Bonchev–Trinajstić information content (AvgIpc) is 2.60. The molecule has 1 unspecified atom stereocenters. The Labute approximate surface area is 74.5 Å². The molecule has 6 heteroatoms. The van der Waals surface area contributed by atoms with E-state index in [1.807, 2.05) is 4.68 Å². The normalized spacial score (nSPS) is 17.8. The first-order chi connectivity index (χ1) is 5.81. The van der Waals surface area contributed by atoms with Gasteiger partial charge < -0.3 is 11.5 Å². The number of nitrogens with zero attached hydrogens (tertiary/aromatic N) is 3. The minimum atomic E-state index is -0.219. The maximum absolute atomic E-state index is 5.68. The van der Waals surface area contributed by atoms with Crippen LogP contribution in [0.5, 0.6) is 0 Å². The van der Waals surface area contributed by atoms with Crippen molar-refractivity contribution in [1.29, 1.82) is 0 Å². The van der Waals surface area contributed by atoms with Gasteiger partial charge in [0.15, 0.2) is 11.0 Å². The summed E-state index contributed by atoms with van der Waals surface area (Å²) in [5.41, 5.74) is 11.1. The summed E-state index contributed by atoms with van der Waals surface area (Å²) in [7, 11) is 0. The summed E-state index contributed by atoms with van der Waals surface area (Å²) in [5, 5.41) is 5.21. The molecule has 1 atom stereocenters. The Hall–Kier alpha value is -0.590. The molecule has 1 aromatic heterocycles. The molecule has 0 fully saturated rings. The number of hydrogen-bond donors (Lipinski definition) is 2. The highest BCUT2D eigenvalue weighted by Crippen LogP contribution is 2.23. The maximum Gasteiger partial charge on any atom is 0.186 e. The third kappa shape index (κ3) is 1.21. The van der Waals surface area contributed by atoms with Crippen molar-refractivity contribution in [3.8, 4) is 0 Å². The second kappa shape index (κ2) is 3.04. The fourth-order valence-electron chi connectivity index (χ4n) is 1.08. The number of fused-ring (bicyclic) bond motifs is 1. The van der Waals surface area contributed by atoms with Crippen LogP contribution in [0.4, 0.5) is 0 Å². The summed E-state index contributed by atoms with van der Waals surface area (Å²) in [6, 6.07) is -0.219. The Morgan fingerprint density at radius 1 is 1.67 bits per heavy atom. The Balaban J connectivity index is 2.25. The molecule has 1 aromatic rings. The molecule has 0 radical (unpaired) electrons. The van der Waals surface area contributed by atoms with Gasteiger partial charge in [0.2, 0.25) is 0 Å². The number of nitrogens with two attached hydrogens (primary N) is 2. The second-order valence-corrected chi connectivity index (χ2v) is 3.73. The minimum Gasteiger partial charge on any atom is -0.328 e. The van der Waals surface area contributed by atoms with Crippen molar-refractivity contribution in [2.75, 3.05) is 12.3 Å². The van der Waals surface area contributed by atoms with E-state index >= 15 is 0 Å². The number of aromatic nitrogens is 3. The van der Waals surface area contributed by atoms with Gasteiger partial charge in [-0.05, 0) is 0 Å². The lowest BCUT2D eigenvalue weighted by Gasteiger charge is -2.01. The largest absolute Gasteiger partial charge is 0.328 e. The van der Waals surface area contributed by atoms with Crippen LogP contribution in [0.15, 0.2) is 5.16 Å². The van der Waals surface area contributed by atoms with Gasteiger partial charge in [-0.3, -0.25) is 0 Å². The van der Waals surface area contributed by atoms with Crippen LogP contribution in [0, 0.1) is 0 Å². The molecular weight excluding hydrogens is 174 g/mol. The SMILES string of the molecule is NCC(N)c1nc2n(n1)CCS2. The third-order valence-corrected chi connectivity index (χ3v) is 2.72. The Bertz CT molecular complexity index is 262. The van der Waals surface area contributed by atoms with Gasteiger partial charge in [0.05, 0.1) is 12.6 Å². The molecule has 1 aliphatic rings. The monoisotopic (exact) mass is 185 g/mol. The number of rotatable bonds is 2. The zero-order valence-electron chi connectivity index (χ0n) is 6.60. The summed E-state index contributed by atoms with van der Waals surface area (Å²) < 4.78 is 1.88. The van der Waals surface area contributed by atoms with Crippen LogP contribution < -0.4 is 11.5 Å². The highest BCUT2D eigenvalue weighted by atomic mass is 32.2. The molecule has 66 valence electrons. The van der Waals surface area contributed by atoms with Crippen molar-refractivity contribution in [2.24, 2.45) is 11.5 Å². The lowest BCUT2D eigenvalue weighted by molar-refractivity contribution is 0.604. The zero-order valence-corrected chi connectivity index (χ0v) is 7.42. The van der Waals surface area contributed by atoms with Crippen LogP contribution in [-0.2, 0) is 6.54 Å². The summed E-state index contributed by atoms with van der Waals surface area (Å²) in [6.07, 6.45) is 0. The maximum atomic E-state index is 5.68. The van der Waals surface area contributed by atoms with Gasteiger partial charge in [-0.2, -0.15) is 5.10 Å². The fraction of sp³-hybridized carbons (Fsp3) is 0.667. The zero-order chi connectivity index (χ0) is 8.55. The Morgan fingerprint density at radius 2 is 2.50 bits per heavy atom. The quantitative estimate of drug-likeness (QED) is 0.639. The van der Waals surface area contributed by atoms with Crippen molar-refractivity contribution in [2.45, 2.75) is 17.7 Å². The summed E-state index contributed by atoms with van der Waals surface area (Å²) >= 11 is 1.71. The molecule has 0 aliphatic carbocycles. The average molecular weight is 185 g/mol. The minimum absolute atomic E-state index is 0.219. The van der Waals surface area contributed by atoms with E-state index in [2.05, 4.69) is 10.1 Å². The van der Waals surface area contributed by atoms with E-state index in [1.165, 1.54) is 0 Å². The Kier molecular flexibility index (Phi) is 2.03. The van der Waals surface area contributed by atoms with Crippen LogP contribution in [0.25, 0.3) is 0 Å². The van der Waals surface area contributed by atoms with E-state index in [-0.39, 0.29) is 6.04 Å². The van der Waals surface area contributed by atoms with E-state index < -0.39 is 0 Å². The lowest BCUT2D eigenvalue weighted by atomic mass is 10.3. The third-order valence-electron chi connectivity index (χ3n) is 1.77. The topological polar surface area (TPSA) is 82.8 Å². The summed E-state index contributed by atoms with van der Waals surface area (Å²) in [6.45, 7) is 1.33. The smallest absolute Gasteiger partial charge is 0.186 e. The highest BCUT2D eigenvalue weighted by molar-refractivity contribution is 7.99. The summed E-state index contributed by atoms with van der Waals surface area (Å²) in [4.78, 5) is 4.27. The van der Waals surface area contributed by atoms with Gasteiger partial charge in [-0.1, -0.05) is 11.8 Å². The molecule has 2 heterocycles. The van der Waals surface area contributed by atoms with Gasteiger partial charge >= 0.3 is 0 Å². The molecule has 4 N–H and O–H groups in total. The molecule has 5 nitrogen and oxygen atoms in total.